The van der Waals surface area contributed by atoms with Gasteiger partial charge in [0.15, 0.2) is 17.5 Å². The van der Waals surface area contributed by atoms with Crippen LogP contribution in [0.2, 0.25) is 0 Å². The van der Waals surface area contributed by atoms with Crippen LogP contribution in [0.15, 0.2) is 48.5 Å². The average Bonchev–Trinajstić information content (AvgIpc) is 3.56. The summed E-state index contributed by atoms with van der Waals surface area (Å²) in [7, 11) is 1.58. The molecule has 4 aromatic rings. The maximum atomic E-state index is 14.0. The third-order valence-corrected chi connectivity index (χ3v) is 6.70. The van der Waals surface area contributed by atoms with E-state index in [1.54, 1.807) is 30.0 Å². The van der Waals surface area contributed by atoms with E-state index in [1.165, 1.54) is 17.0 Å². The summed E-state index contributed by atoms with van der Waals surface area (Å²) in [6, 6.07) is 13.3. The number of nitrogen functional groups attached to an aromatic ring is 1. The van der Waals surface area contributed by atoms with E-state index in [0.717, 1.165) is 11.8 Å². The summed E-state index contributed by atoms with van der Waals surface area (Å²) in [4.78, 5) is 24.6. The molecular weight excluding hydrogens is 453 g/mol. The number of amides is 1. The van der Waals surface area contributed by atoms with Gasteiger partial charge in [-0.1, -0.05) is 12.1 Å². The summed E-state index contributed by atoms with van der Waals surface area (Å²) in [6.07, 6.45) is -0.177. The molecule has 1 amide bonds. The quantitative estimate of drug-likeness (QED) is 0.462. The Morgan fingerprint density at radius 1 is 1.11 bits per heavy atom. The molecule has 0 saturated carbocycles. The molecule has 11 heteroatoms. The van der Waals surface area contributed by atoms with E-state index in [-0.39, 0.29) is 12.1 Å². The van der Waals surface area contributed by atoms with Crippen LogP contribution in [0.1, 0.15) is 6.42 Å². The van der Waals surface area contributed by atoms with E-state index < -0.39 is 11.9 Å². The number of likely N-dealkylation sites (tertiary alicyclic amines) is 1. The van der Waals surface area contributed by atoms with Gasteiger partial charge in [0.05, 0.1) is 24.7 Å². The Morgan fingerprint density at radius 3 is 2.66 bits per heavy atom. The second kappa shape index (κ2) is 7.83. The minimum Gasteiger partial charge on any atom is -0.497 e. The normalized spacial score (nSPS) is 19.0. The zero-order valence-corrected chi connectivity index (χ0v) is 18.8. The van der Waals surface area contributed by atoms with Crippen molar-refractivity contribution in [1.29, 1.82) is 0 Å². The number of aromatic nitrogens is 4. The fraction of sp³-hybridized carbons (Fsp3) is 0.250. The van der Waals surface area contributed by atoms with Crippen LogP contribution >= 0.6 is 0 Å². The number of halogens is 1. The van der Waals surface area contributed by atoms with E-state index >= 15 is 0 Å². The first kappa shape index (κ1) is 21.1. The first-order valence-corrected chi connectivity index (χ1v) is 11.1. The molecule has 2 saturated heterocycles. The van der Waals surface area contributed by atoms with E-state index in [0.29, 0.717) is 53.2 Å². The Morgan fingerprint density at radius 2 is 1.94 bits per heavy atom. The predicted octanol–water partition coefficient (Wildman–Crippen LogP) is 3.15. The van der Waals surface area contributed by atoms with Crippen molar-refractivity contribution < 1.29 is 19.0 Å². The van der Waals surface area contributed by atoms with Crippen molar-refractivity contribution in [2.45, 2.75) is 18.5 Å². The summed E-state index contributed by atoms with van der Waals surface area (Å²) in [6.45, 7) is 0.926. The number of carboxylic acid groups (broad SMARTS) is 1. The number of benzene rings is 2. The van der Waals surface area contributed by atoms with Crippen LogP contribution in [0.25, 0.3) is 28.1 Å². The van der Waals surface area contributed by atoms with Crippen molar-refractivity contribution in [2.75, 3.05) is 30.8 Å². The number of nitrogens with two attached hydrogens (primary N) is 1. The van der Waals surface area contributed by atoms with Gasteiger partial charge in [-0.25, -0.2) is 23.8 Å². The van der Waals surface area contributed by atoms with Gasteiger partial charge < -0.3 is 25.4 Å². The van der Waals surface area contributed by atoms with Crippen LogP contribution < -0.4 is 15.4 Å². The van der Waals surface area contributed by atoms with Gasteiger partial charge in [-0.05, 0) is 30.7 Å². The number of nitrogens with zero attached hydrogens (tertiary/aromatic N) is 6. The Hall–Kier alpha value is -4.41. The SMILES string of the molecule is COc1ccc2c(N)nn(-c3cc(N4C[C@@H]5C[C@H]4CN5C(=O)O)nc(-c4cccc(F)c4)n3)c2c1. The highest BCUT2D eigenvalue weighted by molar-refractivity contribution is 5.91. The second-order valence-electron chi connectivity index (χ2n) is 8.73. The molecule has 6 rings (SSSR count). The molecule has 35 heavy (non-hydrogen) atoms. The molecule has 4 heterocycles. The van der Waals surface area contributed by atoms with Crippen LogP contribution in [0, 0.1) is 5.82 Å². The molecule has 2 fully saturated rings. The summed E-state index contributed by atoms with van der Waals surface area (Å²) in [5, 5.41) is 14.7. The molecule has 2 aliphatic rings. The molecule has 2 atom stereocenters. The van der Waals surface area contributed by atoms with Gasteiger partial charge in [-0.2, -0.15) is 0 Å². The maximum Gasteiger partial charge on any atom is 0.407 e. The van der Waals surface area contributed by atoms with Gasteiger partial charge >= 0.3 is 6.09 Å². The molecular formula is C24H22FN7O3. The Bertz CT molecular complexity index is 1470. The van der Waals surface area contributed by atoms with Crippen molar-refractivity contribution in [3.05, 3.63) is 54.3 Å². The number of ether oxygens (including phenoxy) is 1. The van der Waals surface area contributed by atoms with Crippen LogP contribution in [0.5, 0.6) is 5.75 Å². The first-order chi connectivity index (χ1) is 16.9. The number of piperazine rings is 1. The number of hydrogen-bond acceptors (Lipinski definition) is 7. The predicted molar refractivity (Wildman–Crippen MR) is 127 cm³/mol. The van der Waals surface area contributed by atoms with Crippen molar-refractivity contribution in [1.82, 2.24) is 24.6 Å². The minimum absolute atomic E-state index is 0.00117. The molecule has 0 spiro atoms. The molecule has 2 bridgehead atoms. The standard InChI is InChI=1S/C24H22FN7O3/c1-35-17-5-6-18-19(9-17)32(29-22(18)26)21-10-20(27-23(28-21)13-3-2-4-14(25)7-13)30-11-16-8-15(30)12-31(16)24(33)34/h2-7,9-10,15-16H,8,11-12H2,1H3,(H2,26,29)(H,33,34)/t15-,16-/m0/s1. The smallest absolute Gasteiger partial charge is 0.407 e. The highest BCUT2D eigenvalue weighted by atomic mass is 19.1. The lowest BCUT2D eigenvalue weighted by molar-refractivity contribution is 0.137. The van der Waals surface area contributed by atoms with E-state index in [4.69, 9.17) is 20.4 Å². The van der Waals surface area contributed by atoms with Crippen molar-refractivity contribution in [3.63, 3.8) is 0 Å². The summed E-state index contributed by atoms with van der Waals surface area (Å²) < 4.78 is 21.0. The number of anilines is 2. The lowest BCUT2D eigenvalue weighted by Crippen LogP contribution is -2.48. The zero-order valence-electron chi connectivity index (χ0n) is 18.8. The Balaban J connectivity index is 1.50. The van der Waals surface area contributed by atoms with Gasteiger partial charge in [0, 0.05) is 36.2 Å². The molecule has 2 aromatic heterocycles. The molecule has 2 aliphatic heterocycles. The van der Waals surface area contributed by atoms with Crippen LogP contribution in [-0.2, 0) is 0 Å². The van der Waals surface area contributed by atoms with E-state index in [9.17, 15) is 14.3 Å². The van der Waals surface area contributed by atoms with Gasteiger partial charge in [-0.15, -0.1) is 5.10 Å². The minimum atomic E-state index is -0.909. The summed E-state index contributed by atoms with van der Waals surface area (Å²) >= 11 is 0. The Kier molecular flexibility index (Phi) is 4.73. The summed E-state index contributed by atoms with van der Waals surface area (Å²) in [5.41, 5.74) is 7.42. The number of rotatable bonds is 4. The fourth-order valence-corrected chi connectivity index (χ4v) is 5.04. The number of fused-ring (bicyclic) bond motifs is 3. The molecule has 10 nitrogen and oxygen atoms in total. The Labute approximate surface area is 199 Å². The lowest BCUT2D eigenvalue weighted by Gasteiger charge is -2.33. The van der Waals surface area contributed by atoms with Crippen molar-refractivity contribution in [2.24, 2.45) is 0 Å². The van der Waals surface area contributed by atoms with Crippen molar-refractivity contribution in [3.8, 4) is 23.0 Å². The highest BCUT2D eigenvalue weighted by Gasteiger charge is 2.46. The monoisotopic (exact) mass is 475 g/mol. The highest BCUT2D eigenvalue weighted by Crippen LogP contribution is 2.36. The molecule has 178 valence electrons. The largest absolute Gasteiger partial charge is 0.497 e. The zero-order chi connectivity index (χ0) is 24.3. The van der Waals surface area contributed by atoms with Crippen LogP contribution in [-0.4, -0.2) is 68.1 Å². The van der Waals surface area contributed by atoms with E-state index in [2.05, 4.69) is 10.00 Å². The van der Waals surface area contributed by atoms with Crippen LogP contribution in [0.3, 0.4) is 0 Å². The van der Waals surface area contributed by atoms with Gasteiger partial charge in [0.25, 0.3) is 0 Å². The molecule has 0 unspecified atom stereocenters. The maximum absolute atomic E-state index is 14.0. The van der Waals surface area contributed by atoms with E-state index in [1.807, 2.05) is 18.2 Å². The molecule has 0 radical (unpaired) electrons. The molecule has 2 aromatic carbocycles. The lowest BCUT2D eigenvalue weighted by atomic mass is 10.2. The number of methoxy groups -OCH3 is 1. The third kappa shape index (κ3) is 3.47. The second-order valence-corrected chi connectivity index (χ2v) is 8.73. The number of hydrogen-bond donors (Lipinski definition) is 2. The van der Waals surface area contributed by atoms with Crippen LogP contribution in [0.4, 0.5) is 20.8 Å². The summed E-state index contributed by atoms with van der Waals surface area (Å²) in [5.74, 6) is 2.00. The molecule has 0 aliphatic carbocycles. The molecule has 3 N–H and O–H groups in total. The third-order valence-electron chi connectivity index (χ3n) is 6.70. The first-order valence-electron chi connectivity index (χ1n) is 11.1. The van der Waals surface area contributed by atoms with Gasteiger partial charge in [0.2, 0.25) is 0 Å². The van der Waals surface area contributed by atoms with Gasteiger partial charge in [-0.3, -0.25) is 0 Å². The number of carbonyl (C=O) groups is 1. The van der Waals surface area contributed by atoms with Gasteiger partial charge in [0.1, 0.15) is 17.4 Å². The van der Waals surface area contributed by atoms with Crippen molar-refractivity contribution >= 4 is 28.6 Å². The average molecular weight is 475 g/mol. The topological polar surface area (TPSA) is 123 Å². The fourth-order valence-electron chi connectivity index (χ4n) is 5.04.